The van der Waals surface area contributed by atoms with Gasteiger partial charge in [0.2, 0.25) is 0 Å². The average molecular weight is 186 g/mol. The molecule has 0 radical (unpaired) electrons. The van der Waals surface area contributed by atoms with Crippen molar-refractivity contribution in [3.63, 3.8) is 0 Å². The summed E-state index contributed by atoms with van der Waals surface area (Å²) < 4.78 is 0. The van der Waals surface area contributed by atoms with Crippen molar-refractivity contribution in [1.82, 2.24) is 5.06 Å². The molecule has 0 unspecified atom stereocenters. The van der Waals surface area contributed by atoms with Crippen LogP contribution in [0.5, 0.6) is 0 Å². The molecule has 0 aliphatic carbocycles. The van der Waals surface area contributed by atoms with Crippen LogP contribution in [0.4, 0.5) is 0 Å². The van der Waals surface area contributed by atoms with Crippen molar-refractivity contribution in [3.8, 4) is 0 Å². The van der Waals surface area contributed by atoms with Crippen LogP contribution in [0.25, 0.3) is 0 Å². The Bertz CT molecular complexity index is 221. The summed E-state index contributed by atoms with van der Waals surface area (Å²) in [5, 5.41) is 12.9. The molecule has 0 aromatic rings. The maximum Gasteiger partial charge on any atom is 0.0263 e. The first kappa shape index (κ1) is 10.1. The van der Waals surface area contributed by atoms with Gasteiger partial charge in [-0.15, -0.1) is 0 Å². The first-order chi connectivity index (χ1) is 5.32. The third kappa shape index (κ3) is 1.30. The standard InChI is InChI=1S/C9H16NOS/c1-8(2)5-7(6-12)9(3,4)10(8)11/h5,12H,6H2,1-4H3/q-1. The van der Waals surface area contributed by atoms with E-state index in [1.807, 2.05) is 33.8 Å². The SMILES string of the molecule is CC1(C)C=C(CS)C(C)(C)N1[O-]. The third-order valence-corrected chi connectivity index (χ3v) is 2.86. The number of thiol groups is 1. The number of hydrogen-bond donors (Lipinski definition) is 1. The summed E-state index contributed by atoms with van der Waals surface area (Å²) in [6.07, 6.45) is 2.02. The van der Waals surface area contributed by atoms with Crippen LogP contribution in [0.1, 0.15) is 27.7 Å². The topological polar surface area (TPSA) is 26.3 Å². The lowest BCUT2D eigenvalue weighted by Gasteiger charge is -2.47. The molecule has 1 aliphatic rings. The summed E-state index contributed by atoms with van der Waals surface area (Å²) in [4.78, 5) is 0. The molecule has 70 valence electrons. The van der Waals surface area contributed by atoms with Crippen LogP contribution in [0.3, 0.4) is 0 Å². The highest BCUT2D eigenvalue weighted by molar-refractivity contribution is 7.80. The van der Waals surface area contributed by atoms with E-state index in [1.54, 1.807) is 0 Å². The molecule has 12 heavy (non-hydrogen) atoms. The Morgan fingerprint density at radius 1 is 1.42 bits per heavy atom. The second-order valence-corrected chi connectivity index (χ2v) is 4.65. The van der Waals surface area contributed by atoms with Crippen LogP contribution in [-0.4, -0.2) is 21.9 Å². The Labute approximate surface area is 79.6 Å². The molecule has 3 heteroatoms. The minimum absolute atomic E-state index is 0.373. The van der Waals surface area contributed by atoms with Crippen LogP contribution in [0.2, 0.25) is 0 Å². The molecule has 0 amide bonds. The lowest BCUT2D eigenvalue weighted by atomic mass is 9.98. The number of hydroxylamine groups is 2. The Morgan fingerprint density at radius 2 is 1.92 bits per heavy atom. The Balaban J connectivity index is 3.03. The Morgan fingerprint density at radius 3 is 2.08 bits per heavy atom. The summed E-state index contributed by atoms with van der Waals surface area (Å²) in [6, 6.07) is 0. The van der Waals surface area contributed by atoms with Crippen LogP contribution >= 0.6 is 12.6 Å². The van der Waals surface area contributed by atoms with E-state index in [2.05, 4.69) is 12.6 Å². The normalized spacial score (nSPS) is 27.3. The minimum Gasteiger partial charge on any atom is -0.784 e. The minimum atomic E-state index is -0.384. The van der Waals surface area contributed by atoms with Gasteiger partial charge < -0.3 is 10.3 Å². The van der Waals surface area contributed by atoms with E-state index in [-0.39, 0.29) is 11.1 Å². The molecular formula is C9H16NOS-. The zero-order valence-corrected chi connectivity index (χ0v) is 8.98. The zero-order chi connectivity index (χ0) is 9.57. The molecule has 1 heterocycles. The molecule has 0 spiro atoms. The molecule has 0 aromatic carbocycles. The van der Waals surface area contributed by atoms with E-state index in [1.165, 1.54) is 0 Å². The fourth-order valence-electron chi connectivity index (χ4n) is 1.75. The second kappa shape index (κ2) is 2.76. The van der Waals surface area contributed by atoms with Gasteiger partial charge in [-0.1, -0.05) is 6.08 Å². The van der Waals surface area contributed by atoms with Gasteiger partial charge in [-0.05, 0) is 33.3 Å². The maximum absolute atomic E-state index is 11.7. The van der Waals surface area contributed by atoms with Gasteiger partial charge in [0.05, 0.1) is 0 Å². The van der Waals surface area contributed by atoms with Crippen molar-refractivity contribution in [2.45, 2.75) is 38.8 Å². The van der Waals surface area contributed by atoms with Crippen molar-refractivity contribution < 1.29 is 0 Å². The van der Waals surface area contributed by atoms with Gasteiger partial charge in [-0.2, -0.15) is 12.6 Å². The quantitative estimate of drug-likeness (QED) is 0.502. The molecule has 2 nitrogen and oxygen atoms in total. The molecule has 0 saturated carbocycles. The van der Waals surface area contributed by atoms with Gasteiger partial charge in [-0.25, -0.2) is 0 Å². The molecule has 0 bridgehead atoms. The Hall–Kier alpha value is 0.01000. The molecule has 0 atom stereocenters. The molecule has 0 aromatic heterocycles. The summed E-state index contributed by atoms with van der Waals surface area (Å²) in [7, 11) is 0. The van der Waals surface area contributed by atoms with E-state index in [0.717, 1.165) is 10.6 Å². The summed E-state index contributed by atoms with van der Waals surface area (Å²) in [5.74, 6) is 0.662. The highest BCUT2D eigenvalue weighted by Gasteiger charge is 2.38. The second-order valence-electron chi connectivity index (χ2n) is 4.33. The summed E-state index contributed by atoms with van der Waals surface area (Å²) >= 11 is 4.21. The molecule has 0 saturated heterocycles. The van der Waals surface area contributed by atoms with E-state index >= 15 is 0 Å². The average Bonchev–Trinajstić information content (AvgIpc) is 2.11. The van der Waals surface area contributed by atoms with Crippen molar-refractivity contribution in [1.29, 1.82) is 0 Å². The zero-order valence-electron chi connectivity index (χ0n) is 8.09. The highest BCUT2D eigenvalue weighted by atomic mass is 32.1. The third-order valence-electron chi connectivity index (χ3n) is 2.51. The molecular weight excluding hydrogens is 170 g/mol. The molecule has 0 N–H and O–H groups in total. The van der Waals surface area contributed by atoms with Gasteiger partial charge in [0.1, 0.15) is 0 Å². The number of rotatable bonds is 1. The summed E-state index contributed by atoms with van der Waals surface area (Å²) in [5.41, 5.74) is 0.359. The maximum atomic E-state index is 11.7. The number of hydrogen-bond acceptors (Lipinski definition) is 3. The first-order valence-electron chi connectivity index (χ1n) is 4.13. The van der Waals surface area contributed by atoms with Crippen LogP contribution < -0.4 is 0 Å². The van der Waals surface area contributed by atoms with Gasteiger partial charge >= 0.3 is 0 Å². The molecule has 1 rings (SSSR count). The summed E-state index contributed by atoms with van der Waals surface area (Å²) in [6.45, 7) is 7.74. The predicted molar refractivity (Wildman–Crippen MR) is 55.3 cm³/mol. The monoisotopic (exact) mass is 186 g/mol. The van der Waals surface area contributed by atoms with E-state index < -0.39 is 0 Å². The van der Waals surface area contributed by atoms with Gasteiger partial charge in [-0.3, -0.25) is 0 Å². The van der Waals surface area contributed by atoms with Gasteiger partial charge in [0, 0.05) is 16.8 Å². The van der Waals surface area contributed by atoms with Gasteiger partial charge in [0.15, 0.2) is 0 Å². The lowest BCUT2D eigenvalue weighted by molar-refractivity contribution is 0.159. The molecule has 0 fully saturated rings. The van der Waals surface area contributed by atoms with Gasteiger partial charge in [0.25, 0.3) is 0 Å². The van der Waals surface area contributed by atoms with E-state index in [0.29, 0.717) is 5.75 Å². The molecule has 1 aliphatic heterocycles. The first-order valence-corrected chi connectivity index (χ1v) is 4.76. The fourth-order valence-corrected chi connectivity index (χ4v) is 2.23. The highest BCUT2D eigenvalue weighted by Crippen LogP contribution is 2.39. The van der Waals surface area contributed by atoms with E-state index in [9.17, 15) is 5.21 Å². The van der Waals surface area contributed by atoms with Crippen LogP contribution in [-0.2, 0) is 0 Å². The van der Waals surface area contributed by atoms with Crippen molar-refractivity contribution in [3.05, 3.63) is 16.9 Å². The predicted octanol–water partition coefficient (Wildman–Crippen LogP) is 2.21. The smallest absolute Gasteiger partial charge is 0.0263 e. The van der Waals surface area contributed by atoms with E-state index in [4.69, 9.17) is 0 Å². The van der Waals surface area contributed by atoms with Crippen LogP contribution in [0.15, 0.2) is 11.6 Å². The number of nitrogens with zero attached hydrogens (tertiary/aromatic N) is 1. The van der Waals surface area contributed by atoms with Crippen molar-refractivity contribution >= 4 is 12.6 Å². The van der Waals surface area contributed by atoms with Crippen molar-refractivity contribution in [2.75, 3.05) is 5.75 Å². The van der Waals surface area contributed by atoms with Crippen LogP contribution in [0, 0.1) is 5.21 Å². The van der Waals surface area contributed by atoms with Crippen molar-refractivity contribution in [2.24, 2.45) is 0 Å². The lowest BCUT2D eigenvalue weighted by Crippen LogP contribution is -2.46. The largest absolute Gasteiger partial charge is 0.784 e. The fraction of sp³-hybridized carbons (Fsp3) is 0.778. The Kier molecular flexibility index (Phi) is 2.32.